The molecule has 2 aliphatic heterocycles. The standard InChI is InChI=1S/C14H23N3O8S.C6H12O2/c1-4-23-12(19)14(2,3)8-24-26(21,22)25-17-9-5-6-10(11(15)18)16(7-9)13(17)20;1-4-5(2)6(7)8-3/h9-10H,4-8H2,1-3H3,(H2,15,18);5H,4H2,1-3H3/t9-,10+;/m1./s1. The monoisotopic (exact) mass is 509 g/mol. The van der Waals surface area contributed by atoms with E-state index in [4.69, 9.17) is 18.9 Å². The molecule has 3 atom stereocenters. The molecule has 2 saturated heterocycles. The average Bonchev–Trinajstić information content (AvgIpc) is 3.01. The summed E-state index contributed by atoms with van der Waals surface area (Å²) in [5.41, 5.74) is 4.03. The molecule has 0 aliphatic carbocycles. The van der Waals surface area contributed by atoms with Crippen molar-refractivity contribution in [2.75, 3.05) is 26.9 Å². The van der Waals surface area contributed by atoms with Crippen LogP contribution in [0.3, 0.4) is 0 Å². The molecule has 2 rings (SSSR count). The number of nitrogens with two attached hydrogens (primary N) is 1. The van der Waals surface area contributed by atoms with Gasteiger partial charge in [0.25, 0.3) is 0 Å². The summed E-state index contributed by atoms with van der Waals surface area (Å²) in [4.78, 5) is 47.2. The summed E-state index contributed by atoms with van der Waals surface area (Å²) < 4.78 is 42.9. The molecule has 3 amide bonds. The van der Waals surface area contributed by atoms with E-state index in [1.807, 2.05) is 13.8 Å². The zero-order valence-corrected chi connectivity index (χ0v) is 21.3. The number of carbonyl (C=O) groups is 4. The maximum atomic E-state index is 12.3. The first-order chi connectivity index (χ1) is 15.7. The van der Waals surface area contributed by atoms with Crippen LogP contribution >= 0.6 is 0 Å². The van der Waals surface area contributed by atoms with Gasteiger partial charge in [-0.3, -0.25) is 14.4 Å². The molecule has 2 aliphatic rings. The van der Waals surface area contributed by atoms with Crippen molar-refractivity contribution in [1.82, 2.24) is 9.96 Å². The molecule has 13 nitrogen and oxygen atoms in total. The molecule has 0 radical (unpaired) electrons. The van der Waals surface area contributed by atoms with Crippen LogP contribution in [0, 0.1) is 11.3 Å². The number of amides is 3. The van der Waals surface area contributed by atoms with Crippen molar-refractivity contribution in [3.63, 3.8) is 0 Å². The average molecular weight is 510 g/mol. The third-order valence-corrected chi connectivity index (χ3v) is 6.18. The predicted octanol–water partition coefficient (Wildman–Crippen LogP) is 0.728. The van der Waals surface area contributed by atoms with Gasteiger partial charge in [-0.15, -0.1) is 4.28 Å². The Morgan fingerprint density at radius 3 is 2.29 bits per heavy atom. The summed E-state index contributed by atoms with van der Waals surface area (Å²) >= 11 is 0. The number of methoxy groups -OCH3 is 1. The number of hydrogen-bond acceptors (Lipinski definition) is 10. The first-order valence-corrected chi connectivity index (χ1v) is 12.3. The fraction of sp³-hybridized carbons (Fsp3) is 0.800. The van der Waals surface area contributed by atoms with Gasteiger partial charge in [0, 0.05) is 6.54 Å². The van der Waals surface area contributed by atoms with E-state index in [2.05, 4.69) is 4.74 Å². The summed E-state index contributed by atoms with van der Waals surface area (Å²) in [6.45, 7) is 8.11. The normalized spacial score (nSPS) is 20.8. The van der Waals surface area contributed by atoms with Gasteiger partial charge in [-0.2, -0.15) is 13.5 Å². The zero-order chi connectivity index (χ0) is 26.3. The summed E-state index contributed by atoms with van der Waals surface area (Å²) in [5.74, 6) is -1.35. The van der Waals surface area contributed by atoms with Crippen molar-refractivity contribution < 1.29 is 45.5 Å². The van der Waals surface area contributed by atoms with E-state index in [9.17, 15) is 27.6 Å². The van der Waals surface area contributed by atoms with Gasteiger partial charge in [0.2, 0.25) is 5.91 Å². The third-order valence-electron chi connectivity index (χ3n) is 5.43. The highest BCUT2D eigenvalue weighted by Crippen LogP contribution is 2.31. The van der Waals surface area contributed by atoms with Crippen LogP contribution in [0.5, 0.6) is 0 Å². The second kappa shape index (κ2) is 12.3. The topological polar surface area (TPSA) is 172 Å². The summed E-state index contributed by atoms with van der Waals surface area (Å²) in [5, 5.41) is 0.676. The first-order valence-electron chi connectivity index (χ1n) is 10.9. The lowest BCUT2D eigenvalue weighted by molar-refractivity contribution is -0.155. The van der Waals surface area contributed by atoms with E-state index >= 15 is 0 Å². The number of urea groups is 1. The summed E-state index contributed by atoms with van der Waals surface area (Å²) in [6, 6.07) is -2.10. The molecule has 14 heteroatoms. The van der Waals surface area contributed by atoms with Gasteiger partial charge in [0.15, 0.2) is 0 Å². The zero-order valence-electron chi connectivity index (χ0n) is 20.4. The van der Waals surface area contributed by atoms with Crippen molar-refractivity contribution in [3.8, 4) is 0 Å². The highest BCUT2D eigenvalue weighted by atomic mass is 32.3. The van der Waals surface area contributed by atoms with Gasteiger partial charge >= 0.3 is 28.4 Å². The number of primary amides is 1. The van der Waals surface area contributed by atoms with Crippen molar-refractivity contribution in [1.29, 1.82) is 0 Å². The van der Waals surface area contributed by atoms with E-state index in [1.54, 1.807) is 6.92 Å². The smallest absolute Gasteiger partial charge is 0.421 e. The van der Waals surface area contributed by atoms with Gasteiger partial charge in [-0.1, -0.05) is 13.8 Å². The molecule has 2 N–H and O–H groups in total. The van der Waals surface area contributed by atoms with Crippen molar-refractivity contribution in [2.45, 2.75) is 66.0 Å². The highest BCUT2D eigenvalue weighted by Gasteiger charge is 2.49. The molecule has 2 fully saturated rings. The van der Waals surface area contributed by atoms with Crippen LogP contribution < -0.4 is 5.73 Å². The van der Waals surface area contributed by atoms with E-state index in [0.717, 1.165) is 6.42 Å². The molecule has 34 heavy (non-hydrogen) atoms. The van der Waals surface area contributed by atoms with E-state index < -0.39 is 52.4 Å². The Balaban J connectivity index is 0.000000620. The van der Waals surface area contributed by atoms with Crippen LogP contribution in [-0.4, -0.2) is 81.2 Å². The number of ether oxygens (including phenoxy) is 2. The summed E-state index contributed by atoms with van der Waals surface area (Å²) in [6.07, 6.45) is 1.54. The molecule has 196 valence electrons. The summed E-state index contributed by atoms with van der Waals surface area (Å²) in [7, 11) is -3.19. The van der Waals surface area contributed by atoms with Crippen LogP contribution in [0.15, 0.2) is 0 Å². The molecule has 2 heterocycles. The van der Waals surface area contributed by atoms with Crippen LogP contribution in [0.2, 0.25) is 0 Å². The Bertz CT molecular complexity index is 861. The number of piperidine rings is 1. The molecule has 2 bridgehead atoms. The second-order valence-corrected chi connectivity index (χ2v) is 9.79. The maximum Gasteiger partial charge on any atom is 0.421 e. The molecular weight excluding hydrogens is 474 g/mol. The molecule has 0 saturated carbocycles. The lowest BCUT2D eigenvalue weighted by atomic mass is 9.95. The minimum atomic E-state index is -4.60. The lowest BCUT2D eigenvalue weighted by Crippen LogP contribution is -2.47. The number of nitrogens with zero attached hydrogens (tertiary/aromatic N) is 2. The molecule has 0 aromatic heterocycles. The Hall–Kier alpha value is -2.45. The minimum Gasteiger partial charge on any atom is -0.469 e. The third kappa shape index (κ3) is 7.81. The fourth-order valence-corrected chi connectivity index (χ4v) is 3.98. The first kappa shape index (κ1) is 29.6. The molecule has 0 aromatic rings. The largest absolute Gasteiger partial charge is 0.469 e. The van der Waals surface area contributed by atoms with E-state index in [1.165, 1.54) is 25.9 Å². The van der Waals surface area contributed by atoms with Crippen molar-refractivity contribution >= 4 is 34.3 Å². The van der Waals surface area contributed by atoms with Gasteiger partial charge < -0.3 is 20.1 Å². The van der Waals surface area contributed by atoms with Crippen LogP contribution in [-0.2, 0) is 42.7 Å². The number of rotatable bonds is 10. The molecule has 0 spiro atoms. The fourth-order valence-electron chi connectivity index (χ4n) is 3.12. The molecular formula is C20H35N3O10S. The maximum absolute atomic E-state index is 12.3. The van der Waals surface area contributed by atoms with Crippen molar-refractivity contribution in [3.05, 3.63) is 0 Å². The predicted molar refractivity (Wildman–Crippen MR) is 118 cm³/mol. The Kier molecular flexibility index (Phi) is 10.7. The minimum absolute atomic E-state index is 0.0556. The van der Waals surface area contributed by atoms with Gasteiger partial charge in [-0.25, -0.2) is 8.98 Å². The molecule has 0 aromatic carbocycles. The number of carbonyl (C=O) groups excluding carboxylic acids is 4. The van der Waals surface area contributed by atoms with E-state index in [-0.39, 0.29) is 25.0 Å². The Labute approximate surface area is 200 Å². The Morgan fingerprint density at radius 2 is 1.82 bits per heavy atom. The van der Waals surface area contributed by atoms with Gasteiger partial charge in [0.1, 0.15) is 6.04 Å². The van der Waals surface area contributed by atoms with E-state index in [0.29, 0.717) is 17.9 Å². The van der Waals surface area contributed by atoms with Crippen LogP contribution in [0.25, 0.3) is 0 Å². The van der Waals surface area contributed by atoms with Crippen molar-refractivity contribution in [2.24, 2.45) is 17.1 Å². The number of fused-ring (bicyclic) bond motifs is 2. The SMILES string of the molecule is CCC(C)C(=O)OC.CCOC(=O)C(C)(C)COS(=O)(=O)ON1C(=O)N2C[C@H]1CC[C@H]2C(N)=O. The van der Waals surface area contributed by atoms with Gasteiger partial charge in [-0.05, 0) is 40.0 Å². The number of esters is 2. The van der Waals surface area contributed by atoms with Gasteiger partial charge in [0.05, 0.1) is 37.7 Å². The van der Waals surface area contributed by atoms with Crippen LogP contribution in [0.1, 0.15) is 53.9 Å². The Morgan fingerprint density at radius 1 is 1.21 bits per heavy atom. The molecule has 1 unspecified atom stereocenters. The lowest BCUT2D eigenvalue weighted by Gasteiger charge is -2.27. The quantitative estimate of drug-likeness (QED) is 0.414. The number of hydroxylamine groups is 2. The highest BCUT2D eigenvalue weighted by molar-refractivity contribution is 7.81. The number of hydrogen-bond donors (Lipinski definition) is 1. The second-order valence-electron chi connectivity index (χ2n) is 8.59. The van der Waals surface area contributed by atoms with Crippen LogP contribution in [0.4, 0.5) is 4.79 Å².